The number of anilines is 2. The number of carbonyl (C=O) groups is 2. The minimum Gasteiger partial charge on any atom is -0.467 e. The molecule has 0 atom stereocenters. The van der Waals surface area contributed by atoms with Gasteiger partial charge in [-0.15, -0.1) is 0 Å². The molecule has 3 N–H and O–H groups in total. The first-order chi connectivity index (χ1) is 13.1. The van der Waals surface area contributed by atoms with Crippen molar-refractivity contribution in [1.29, 1.82) is 0 Å². The second kappa shape index (κ2) is 8.57. The van der Waals surface area contributed by atoms with Crippen LogP contribution >= 0.6 is 0 Å². The molecule has 0 saturated heterocycles. The fraction of sp³-hybridized carbons (Fsp3) is 0.100. The number of hydrogen-bond donors (Lipinski definition) is 3. The molecule has 7 nitrogen and oxygen atoms in total. The minimum atomic E-state index is -0.347. The van der Waals surface area contributed by atoms with Gasteiger partial charge in [-0.05, 0) is 61.5 Å². The average molecular weight is 365 g/mol. The number of amides is 3. The third kappa shape index (κ3) is 5.64. The predicted octanol–water partition coefficient (Wildman–Crippen LogP) is 4.15. The first kappa shape index (κ1) is 18.1. The van der Waals surface area contributed by atoms with Crippen molar-refractivity contribution >= 4 is 29.4 Å². The van der Waals surface area contributed by atoms with Crippen molar-refractivity contribution in [3.8, 4) is 0 Å². The highest BCUT2D eigenvalue weighted by Crippen LogP contribution is 2.14. The highest BCUT2D eigenvalue weighted by atomic mass is 16.3. The minimum absolute atomic E-state index is 0.277. The molecule has 0 unspecified atom stereocenters. The molecule has 2 heterocycles. The quantitative estimate of drug-likeness (QED) is 0.572. The van der Waals surface area contributed by atoms with Crippen molar-refractivity contribution in [3.63, 3.8) is 0 Å². The van der Waals surface area contributed by atoms with E-state index in [9.17, 15) is 9.59 Å². The highest BCUT2D eigenvalue weighted by molar-refractivity contribution is 6.02. The number of carbonyl (C=O) groups excluding carboxylic acids is 2. The number of benzene rings is 1. The smallest absolute Gasteiger partial charge is 0.319 e. The van der Waals surface area contributed by atoms with Crippen LogP contribution < -0.4 is 16.0 Å². The van der Waals surface area contributed by atoms with E-state index in [1.165, 1.54) is 6.08 Å². The molecule has 0 spiro atoms. The van der Waals surface area contributed by atoms with E-state index in [1.54, 1.807) is 54.8 Å². The number of nitrogens with one attached hydrogen (secondary N) is 3. The molecule has 0 bridgehead atoms. The average Bonchev–Trinajstić information content (AvgIpc) is 3.31. The summed E-state index contributed by atoms with van der Waals surface area (Å²) in [5, 5.41) is 8.12. The van der Waals surface area contributed by atoms with Gasteiger partial charge in [-0.2, -0.15) is 0 Å². The largest absolute Gasteiger partial charge is 0.467 e. The Bertz CT molecular complexity index is 925. The van der Waals surface area contributed by atoms with E-state index in [1.807, 2.05) is 13.0 Å². The van der Waals surface area contributed by atoms with E-state index >= 15 is 0 Å². The van der Waals surface area contributed by atoms with Crippen LogP contribution in [0.5, 0.6) is 0 Å². The van der Waals surface area contributed by atoms with Gasteiger partial charge in [0, 0.05) is 17.5 Å². The Morgan fingerprint density at radius 2 is 1.74 bits per heavy atom. The van der Waals surface area contributed by atoms with Crippen molar-refractivity contribution < 1.29 is 18.4 Å². The Morgan fingerprint density at radius 1 is 1.00 bits per heavy atom. The Kier molecular flexibility index (Phi) is 5.73. The first-order valence-corrected chi connectivity index (χ1v) is 8.31. The zero-order valence-corrected chi connectivity index (χ0v) is 14.7. The molecular weight excluding hydrogens is 346 g/mol. The molecule has 7 heteroatoms. The molecule has 1 aromatic carbocycles. The van der Waals surface area contributed by atoms with E-state index < -0.39 is 0 Å². The number of furan rings is 2. The van der Waals surface area contributed by atoms with Gasteiger partial charge in [-0.1, -0.05) is 0 Å². The zero-order chi connectivity index (χ0) is 19.1. The summed E-state index contributed by atoms with van der Waals surface area (Å²) in [6.45, 7) is 2.14. The first-order valence-electron chi connectivity index (χ1n) is 8.31. The molecule has 0 fully saturated rings. The van der Waals surface area contributed by atoms with Gasteiger partial charge >= 0.3 is 6.03 Å². The lowest BCUT2D eigenvalue weighted by molar-refractivity contribution is -0.111. The fourth-order valence-electron chi connectivity index (χ4n) is 2.28. The predicted molar refractivity (Wildman–Crippen MR) is 102 cm³/mol. The Labute approximate surface area is 156 Å². The zero-order valence-electron chi connectivity index (χ0n) is 14.7. The van der Waals surface area contributed by atoms with Gasteiger partial charge in [0.15, 0.2) is 0 Å². The summed E-state index contributed by atoms with van der Waals surface area (Å²) >= 11 is 0. The SMILES string of the molecule is Cc1ccc(/C=C/C(=O)Nc2ccc(NC(=O)NCc3ccco3)cc2)o1. The molecule has 138 valence electrons. The molecule has 2 aromatic heterocycles. The van der Waals surface area contributed by atoms with E-state index in [0.29, 0.717) is 29.4 Å². The molecule has 0 aliphatic heterocycles. The summed E-state index contributed by atoms with van der Waals surface area (Å²) in [5.41, 5.74) is 1.22. The van der Waals surface area contributed by atoms with E-state index in [-0.39, 0.29) is 11.9 Å². The lowest BCUT2D eigenvalue weighted by atomic mass is 10.2. The van der Waals surface area contributed by atoms with Crippen LogP contribution in [0.3, 0.4) is 0 Å². The second-order valence-electron chi connectivity index (χ2n) is 5.74. The summed E-state index contributed by atoms with van der Waals surface area (Å²) in [6, 6.07) is 13.6. The molecule has 3 rings (SSSR count). The van der Waals surface area contributed by atoms with Crippen molar-refractivity contribution in [2.75, 3.05) is 10.6 Å². The van der Waals surface area contributed by atoms with Crippen molar-refractivity contribution in [3.05, 3.63) is 78.2 Å². The van der Waals surface area contributed by atoms with Crippen LogP contribution in [0.1, 0.15) is 17.3 Å². The van der Waals surface area contributed by atoms with Crippen LogP contribution in [0, 0.1) is 6.92 Å². The molecule has 0 aliphatic rings. The summed E-state index contributed by atoms with van der Waals surface area (Å²) in [4.78, 5) is 23.8. The lowest BCUT2D eigenvalue weighted by Gasteiger charge is -2.08. The third-order valence-corrected chi connectivity index (χ3v) is 3.57. The molecule has 27 heavy (non-hydrogen) atoms. The third-order valence-electron chi connectivity index (χ3n) is 3.57. The lowest BCUT2D eigenvalue weighted by Crippen LogP contribution is -2.27. The monoisotopic (exact) mass is 365 g/mol. The standard InChI is InChI=1S/C20H19N3O4/c1-14-4-9-17(27-14)10-11-19(24)22-15-5-7-16(8-6-15)23-20(25)21-13-18-3-2-12-26-18/h2-12H,13H2,1H3,(H,22,24)(H2,21,23,25)/b11-10+. The van der Waals surface area contributed by atoms with Gasteiger partial charge in [0.1, 0.15) is 17.3 Å². The van der Waals surface area contributed by atoms with Crippen molar-refractivity contribution in [2.24, 2.45) is 0 Å². The second-order valence-corrected chi connectivity index (χ2v) is 5.74. The van der Waals surface area contributed by atoms with E-state index in [4.69, 9.17) is 8.83 Å². The molecule has 0 radical (unpaired) electrons. The molecule has 3 amide bonds. The molecule has 0 aliphatic carbocycles. The summed E-state index contributed by atoms with van der Waals surface area (Å²) in [7, 11) is 0. The Morgan fingerprint density at radius 3 is 2.37 bits per heavy atom. The van der Waals surface area contributed by atoms with Gasteiger partial charge in [0.2, 0.25) is 5.91 Å². The maximum absolute atomic E-state index is 11.9. The van der Waals surface area contributed by atoms with Crippen LogP contribution in [0.4, 0.5) is 16.2 Å². The summed E-state index contributed by atoms with van der Waals surface area (Å²) in [6.07, 6.45) is 4.54. The van der Waals surface area contributed by atoms with Crippen LogP contribution in [-0.4, -0.2) is 11.9 Å². The van der Waals surface area contributed by atoms with Crippen LogP contribution in [0.25, 0.3) is 6.08 Å². The molecule has 0 saturated carbocycles. The maximum atomic E-state index is 11.9. The van der Waals surface area contributed by atoms with E-state index in [2.05, 4.69) is 16.0 Å². The van der Waals surface area contributed by atoms with Crippen molar-refractivity contribution in [1.82, 2.24) is 5.32 Å². The Hall–Kier alpha value is -3.74. The fourth-order valence-corrected chi connectivity index (χ4v) is 2.28. The number of aryl methyl sites for hydroxylation is 1. The van der Waals surface area contributed by atoms with Gasteiger partial charge in [-0.3, -0.25) is 4.79 Å². The van der Waals surface area contributed by atoms with E-state index in [0.717, 1.165) is 5.76 Å². The van der Waals surface area contributed by atoms with Crippen LogP contribution in [-0.2, 0) is 11.3 Å². The normalized spacial score (nSPS) is 10.7. The number of rotatable bonds is 6. The van der Waals surface area contributed by atoms with Crippen molar-refractivity contribution in [2.45, 2.75) is 13.5 Å². The van der Waals surface area contributed by atoms with Crippen LogP contribution in [0.15, 0.2) is 69.7 Å². The van der Waals surface area contributed by atoms with Gasteiger partial charge < -0.3 is 24.8 Å². The number of urea groups is 1. The van der Waals surface area contributed by atoms with Gasteiger partial charge in [0.05, 0.1) is 12.8 Å². The Balaban J connectivity index is 1.47. The highest BCUT2D eigenvalue weighted by Gasteiger charge is 2.04. The summed E-state index contributed by atoms with van der Waals surface area (Å²) < 4.78 is 10.5. The summed E-state index contributed by atoms with van der Waals surface area (Å²) in [5.74, 6) is 1.79. The van der Waals surface area contributed by atoms with Crippen LogP contribution in [0.2, 0.25) is 0 Å². The molecule has 3 aromatic rings. The van der Waals surface area contributed by atoms with Gasteiger partial charge in [0.25, 0.3) is 0 Å². The molecular formula is C20H19N3O4. The van der Waals surface area contributed by atoms with Gasteiger partial charge in [-0.25, -0.2) is 4.79 Å². The maximum Gasteiger partial charge on any atom is 0.319 e. The number of hydrogen-bond acceptors (Lipinski definition) is 4. The topological polar surface area (TPSA) is 96.5 Å².